The predicted octanol–water partition coefficient (Wildman–Crippen LogP) is 2.39. The van der Waals surface area contributed by atoms with E-state index in [1.807, 2.05) is 0 Å². The van der Waals surface area contributed by atoms with Gasteiger partial charge in [-0.05, 0) is 30.9 Å². The van der Waals surface area contributed by atoms with Crippen LogP contribution in [0.25, 0.3) is 0 Å². The first-order valence-corrected chi connectivity index (χ1v) is 6.51. The molecule has 0 aromatic carbocycles. The SMILES string of the molecule is CCCn1ccc(CNN2CCCCC2)c1. The van der Waals surface area contributed by atoms with E-state index in [1.54, 1.807) is 0 Å². The number of piperidine rings is 1. The Bertz CT molecular complexity index is 300. The van der Waals surface area contributed by atoms with E-state index < -0.39 is 0 Å². The first-order valence-electron chi connectivity index (χ1n) is 6.51. The molecule has 16 heavy (non-hydrogen) atoms. The van der Waals surface area contributed by atoms with Gasteiger partial charge in [-0.2, -0.15) is 0 Å². The minimum Gasteiger partial charge on any atom is -0.354 e. The molecule has 0 spiro atoms. The summed E-state index contributed by atoms with van der Waals surface area (Å²) in [5.41, 5.74) is 4.90. The third-order valence-electron chi connectivity index (χ3n) is 3.16. The lowest BCUT2D eigenvalue weighted by molar-refractivity contribution is 0.151. The van der Waals surface area contributed by atoms with Gasteiger partial charge in [0, 0.05) is 38.6 Å². The molecule has 1 N–H and O–H groups in total. The maximum atomic E-state index is 3.51. The van der Waals surface area contributed by atoms with E-state index in [0.29, 0.717) is 0 Å². The van der Waals surface area contributed by atoms with Crippen molar-refractivity contribution in [3.8, 4) is 0 Å². The molecular weight excluding hydrogens is 198 g/mol. The highest BCUT2D eigenvalue weighted by Crippen LogP contribution is 2.07. The molecule has 0 amide bonds. The summed E-state index contributed by atoms with van der Waals surface area (Å²) in [7, 11) is 0. The lowest BCUT2D eigenvalue weighted by Crippen LogP contribution is -2.41. The van der Waals surface area contributed by atoms with Crippen LogP contribution < -0.4 is 5.43 Å². The van der Waals surface area contributed by atoms with Crippen molar-refractivity contribution < 1.29 is 0 Å². The standard InChI is InChI=1S/C13H23N3/c1-2-7-15-10-6-13(12-15)11-14-16-8-4-3-5-9-16/h6,10,12,14H,2-5,7-9,11H2,1H3. The molecule has 3 heteroatoms. The van der Waals surface area contributed by atoms with E-state index in [2.05, 4.69) is 40.4 Å². The average molecular weight is 221 g/mol. The lowest BCUT2D eigenvalue weighted by Gasteiger charge is -2.26. The number of rotatable bonds is 5. The number of aryl methyl sites for hydroxylation is 1. The molecule has 0 radical (unpaired) electrons. The molecule has 0 bridgehead atoms. The first kappa shape index (κ1) is 11.7. The fourth-order valence-corrected chi connectivity index (χ4v) is 2.25. The Morgan fingerprint density at radius 1 is 1.25 bits per heavy atom. The van der Waals surface area contributed by atoms with E-state index >= 15 is 0 Å². The molecular formula is C13H23N3. The molecule has 1 fully saturated rings. The van der Waals surface area contributed by atoms with Crippen LogP contribution in [0.5, 0.6) is 0 Å². The molecule has 0 unspecified atom stereocenters. The van der Waals surface area contributed by atoms with E-state index in [0.717, 1.165) is 13.1 Å². The fraction of sp³-hybridized carbons (Fsp3) is 0.692. The quantitative estimate of drug-likeness (QED) is 0.824. The predicted molar refractivity (Wildman–Crippen MR) is 67.0 cm³/mol. The van der Waals surface area contributed by atoms with Crippen LogP contribution in [0.4, 0.5) is 0 Å². The van der Waals surface area contributed by atoms with Crippen LogP contribution in [0.2, 0.25) is 0 Å². The van der Waals surface area contributed by atoms with Crippen molar-refractivity contribution >= 4 is 0 Å². The highest BCUT2D eigenvalue weighted by atomic mass is 15.5. The van der Waals surface area contributed by atoms with Crippen LogP contribution in [0.15, 0.2) is 18.5 Å². The van der Waals surface area contributed by atoms with Gasteiger partial charge in [-0.1, -0.05) is 13.3 Å². The fourth-order valence-electron chi connectivity index (χ4n) is 2.25. The zero-order valence-electron chi connectivity index (χ0n) is 10.3. The summed E-state index contributed by atoms with van der Waals surface area (Å²) in [6.07, 6.45) is 9.70. The zero-order valence-corrected chi connectivity index (χ0v) is 10.3. The molecule has 0 aliphatic carbocycles. The Kier molecular flexibility index (Phi) is 4.43. The van der Waals surface area contributed by atoms with Crippen LogP contribution in [0, 0.1) is 0 Å². The van der Waals surface area contributed by atoms with E-state index in [4.69, 9.17) is 0 Å². The van der Waals surface area contributed by atoms with Crippen molar-refractivity contribution in [1.29, 1.82) is 0 Å². The Morgan fingerprint density at radius 2 is 2.06 bits per heavy atom. The molecule has 2 rings (SSSR count). The van der Waals surface area contributed by atoms with E-state index in [9.17, 15) is 0 Å². The van der Waals surface area contributed by atoms with Crippen LogP contribution in [-0.2, 0) is 13.1 Å². The molecule has 1 aliphatic heterocycles. The summed E-state index contributed by atoms with van der Waals surface area (Å²) in [4.78, 5) is 0. The molecule has 2 heterocycles. The maximum Gasteiger partial charge on any atom is 0.0368 e. The van der Waals surface area contributed by atoms with Crippen LogP contribution >= 0.6 is 0 Å². The van der Waals surface area contributed by atoms with Crippen LogP contribution in [0.1, 0.15) is 38.2 Å². The van der Waals surface area contributed by atoms with Crippen LogP contribution in [-0.4, -0.2) is 22.7 Å². The summed E-state index contributed by atoms with van der Waals surface area (Å²) >= 11 is 0. The highest BCUT2D eigenvalue weighted by molar-refractivity contribution is 5.09. The molecule has 0 saturated carbocycles. The van der Waals surface area contributed by atoms with Gasteiger partial charge in [0.15, 0.2) is 0 Å². The second kappa shape index (κ2) is 6.06. The van der Waals surface area contributed by atoms with E-state index in [-0.39, 0.29) is 0 Å². The number of hydrogen-bond acceptors (Lipinski definition) is 2. The van der Waals surface area contributed by atoms with Crippen molar-refractivity contribution in [2.75, 3.05) is 13.1 Å². The summed E-state index contributed by atoms with van der Waals surface area (Å²) in [5.74, 6) is 0. The molecule has 1 aromatic heterocycles. The van der Waals surface area contributed by atoms with Crippen molar-refractivity contribution in [2.24, 2.45) is 0 Å². The highest BCUT2D eigenvalue weighted by Gasteiger charge is 2.08. The van der Waals surface area contributed by atoms with Gasteiger partial charge in [-0.25, -0.2) is 5.01 Å². The van der Waals surface area contributed by atoms with Crippen LogP contribution in [0.3, 0.4) is 0 Å². The summed E-state index contributed by atoms with van der Waals surface area (Å²) in [6.45, 7) is 6.72. The van der Waals surface area contributed by atoms with E-state index in [1.165, 1.54) is 44.3 Å². The number of aromatic nitrogens is 1. The third-order valence-corrected chi connectivity index (χ3v) is 3.16. The smallest absolute Gasteiger partial charge is 0.0368 e. The van der Waals surface area contributed by atoms with Gasteiger partial charge in [0.05, 0.1) is 0 Å². The monoisotopic (exact) mass is 221 g/mol. The Hall–Kier alpha value is -0.800. The molecule has 3 nitrogen and oxygen atoms in total. The Balaban J connectivity index is 1.75. The number of hydrogen-bond donors (Lipinski definition) is 1. The minimum absolute atomic E-state index is 0.969. The second-order valence-electron chi connectivity index (χ2n) is 4.64. The van der Waals surface area contributed by atoms with Crippen molar-refractivity contribution in [3.05, 3.63) is 24.0 Å². The molecule has 1 aromatic rings. The second-order valence-corrected chi connectivity index (χ2v) is 4.64. The zero-order chi connectivity index (χ0) is 11.2. The number of hydrazine groups is 1. The molecule has 1 aliphatic rings. The van der Waals surface area contributed by atoms with Gasteiger partial charge in [-0.15, -0.1) is 0 Å². The topological polar surface area (TPSA) is 20.2 Å². The van der Waals surface area contributed by atoms with Crippen molar-refractivity contribution in [1.82, 2.24) is 15.0 Å². The molecule has 1 saturated heterocycles. The minimum atomic E-state index is 0.969. The summed E-state index contributed by atoms with van der Waals surface area (Å²) < 4.78 is 2.27. The van der Waals surface area contributed by atoms with Gasteiger partial charge >= 0.3 is 0 Å². The first-order chi connectivity index (χ1) is 7.88. The Labute approximate surface area is 98.4 Å². The number of nitrogens with zero attached hydrogens (tertiary/aromatic N) is 2. The van der Waals surface area contributed by atoms with Gasteiger partial charge < -0.3 is 4.57 Å². The normalized spacial score (nSPS) is 17.8. The van der Waals surface area contributed by atoms with Crippen molar-refractivity contribution in [3.63, 3.8) is 0 Å². The molecule has 90 valence electrons. The Morgan fingerprint density at radius 3 is 2.81 bits per heavy atom. The third kappa shape index (κ3) is 3.35. The number of nitrogens with one attached hydrogen (secondary N) is 1. The van der Waals surface area contributed by atoms with Crippen molar-refractivity contribution in [2.45, 2.75) is 45.7 Å². The summed E-state index contributed by atoms with van der Waals surface area (Å²) in [6, 6.07) is 2.21. The maximum absolute atomic E-state index is 3.51. The average Bonchev–Trinajstić information content (AvgIpc) is 2.76. The largest absolute Gasteiger partial charge is 0.354 e. The molecule has 0 atom stereocenters. The van der Waals surface area contributed by atoms with Gasteiger partial charge in [-0.3, -0.25) is 5.43 Å². The lowest BCUT2D eigenvalue weighted by atomic mass is 10.2. The van der Waals surface area contributed by atoms with Gasteiger partial charge in [0.25, 0.3) is 0 Å². The van der Waals surface area contributed by atoms with Gasteiger partial charge in [0.1, 0.15) is 0 Å². The summed E-state index contributed by atoms with van der Waals surface area (Å²) in [5, 5.41) is 2.36. The van der Waals surface area contributed by atoms with Gasteiger partial charge in [0.2, 0.25) is 0 Å².